The van der Waals surface area contributed by atoms with Gasteiger partial charge in [0.05, 0.1) is 13.0 Å². The van der Waals surface area contributed by atoms with Gasteiger partial charge in [0.25, 0.3) is 0 Å². The lowest BCUT2D eigenvalue weighted by atomic mass is 9.95. The summed E-state index contributed by atoms with van der Waals surface area (Å²) in [6.45, 7) is 1.89. The van der Waals surface area contributed by atoms with Crippen LogP contribution in [0.15, 0.2) is 30.3 Å². The standard InChI is InChI=1S/C13H17NO2/c1-3-11(13(15)16-2)12(14)9-10-7-5-4-6-8-10/h4-8,11,14H,3,9H2,1-2H3. The second-order valence-corrected chi connectivity index (χ2v) is 3.67. The van der Waals surface area contributed by atoms with Crippen molar-refractivity contribution < 1.29 is 9.53 Å². The third-order valence-corrected chi connectivity index (χ3v) is 2.55. The van der Waals surface area contributed by atoms with Crippen LogP contribution in [-0.2, 0) is 16.0 Å². The molecule has 0 saturated heterocycles. The van der Waals surface area contributed by atoms with Crippen molar-refractivity contribution in [2.75, 3.05) is 7.11 Å². The van der Waals surface area contributed by atoms with Gasteiger partial charge in [-0.15, -0.1) is 0 Å². The Balaban J connectivity index is 2.67. The van der Waals surface area contributed by atoms with E-state index in [4.69, 9.17) is 5.41 Å². The molecule has 0 heterocycles. The van der Waals surface area contributed by atoms with Gasteiger partial charge in [-0.3, -0.25) is 4.79 Å². The van der Waals surface area contributed by atoms with E-state index in [1.54, 1.807) is 0 Å². The maximum absolute atomic E-state index is 11.4. The number of hydrogen-bond acceptors (Lipinski definition) is 3. The summed E-state index contributed by atoms with van der Waals surface area (Å²) in [4.78, 5) is 11.4. The van der Waals surface area contributed by atoms with Crippen molar-refractivity contribution in [1.82, 2.24) is 0 Å². The van der Waals surface area contributed by atoms with E-state index in [0.29, 0.717) is 18.6 Å². The summed E-state index contributed by atoms with van der Waals surface area (Å²) in [6, 6.07) is 9.71. The fourth-order valence-electron chi connectivity index (χ4n) is 1.64. The molecule has 16 heavy (non-hydrogen) atoms. The van der Waals surface area contributed by atoms with Crippen LogP contribution in [0.25, 0.3) is 0 Å². The Morgan fingerprint density at radius 1 is 1.38 bits per heavy atom. The van der Waals surface area contributed by atoms with Crippen LogP contribution < -0.4 is 0 Å². The lowest BCUT2D eigenvalue weighted by Gasteiger charge is -2.13. The zero-order valence-corrected chi connectivity index (χ0v) is 9.69. The van der Waals surface area contributed by atoms with Crippen LogP contribution in [0, 0.1) is 11.3 Å². The molecule has 0 aromatic heterocycles. The number of carbonyl (C=O) groups is 1. The molecule has 1 N–H and O–H groups in total. The third-order valence-electron chi connectivity index (χ3n) is 2.55. The van der Waals surface area contributed by atoms with E-state index in [0.717, 1.165) is 5.56 Å². The Bertz CT molecular complexity index is 359. The second kappa shape index (κ2) is 6.05. The van der Waals surface area contributed by atoms with Gasteiger partial charge in [0.15, 0.2) is 0 Å². The SMILES string of the molecule is CCC(C(=N)Cc1ccccc1)C(=O)OC. The maximum Gasteiger partial charge on any atom is 0.314 e. The average Bonchev–Trinajstić information content (AvgIpc) is 2.31. The smallest absolute Gasteiger partial charge is 0.314 e. The van der Waals surface area contributed by atoms with Crippen LogP contribution in [-0.4, -0.2) is 18.8 Å². The Labute approximate surface area is 95.9 Å². The van der Waals surface area contributed by atoms with Crippen molar-refractivity contribution in [3.63, 3.8) is 0 Å². The van der Waals surface area contributed by atoms with Crippen LogP contribution in [0.4, 0.5) is 0 Å². The first-order chi connectivity index (χ1) is 7.69. The van der Waals surface area contributed by atoms with Gasteiger partial charge in [-0.1, -0.05) is 37.3 Å². The van der Waals surface area contributed by atoms with Crippen molar-refractivity contribution in [3.8, 4) is 0 Å². The highest BCUT2D eigenvalue weighted by Gasteiger charge is 2.21. The predicted molar refractivity (Wildman–Crippen MR) is 63.7 cm³/mol. The van der Waals surface area contributed by atoms with Gasteiger partial charge in [0, 0.05) is 12.1 Å². The first-order valence-corrected chi connectivity index (χ1v) is 5.38. The monoisotopic (exact) mass is 219 g/mol. The molecule has 1 unspecified atom stereocenters. The minimum absolute atomic E-state index is 0.316. The van der Waals surface area contributed by atoms with E-state index in [-0.39, 0.29) is 5.97 Å². The Morgan fingerprint density at radius 3 is 2.50 bits per heavy atom. The minimum atomic E-state index is -0.412. The van der Waals surface area contributed by atoms with Gasteiger partial charge in [-0.05, 0) is 12.0 Å². The van der Waals surface area contributed by atoms with Crippen LogP contribution >= 0.6 is 0 Å². The first kappa shape index (κ1) is 12.4. The molecule has 0 aliphatic heterocycles. The fourth-order valence-corrected chi connectivity index (χ4v) is 1.64. The molecule has 3 heteroatoms. The van der Waals surface area contributed by atoms with E-state index in [1.165, 1.54) is 7.11 Å². The summed E-state index contributed by atoms with van der Waals surface area (Å²) in [5.41, 5.74) is 1.47. The van der Waals surface area contributed by atoms with Gasteiger partial charge in [0.1, 0.15) is 0 Å². The molecule has 0 bridgehead atoms. The average molecular weight is 219 g/mol. The topological polar surface area (TPSA) is 50.2 Å². The second-order valence-electron chi connectivity index (χ2n) is 3.67. The van der Waals surface area contributed by atoms with Gasteiger partial charge in [-0.25, -0.2) is 0 Å². The highest BCUT2D eigenvalue weighted by molar-refractivity contribution is 6.01. The highest BCUT2D eigenvalue weighted by Crippen LogP contribution is 2.11. The Hall–Kier alpha value is -1.64. The number of benzene rings is 1. The van der Waals surface area contributed by atoms with Crippen molar-refractivity contribution >= 4 is 11.7 Å². The van der Waals surface area contributed by atoms with Crippen LogP contribution in [0.5, 0.6) is 0 Å². The van der Waals surface area contributed by atoms with Crippen molar-refractivity contribution in [2.45, 2.75) is 19.8 Å². The molecule has 0 spiro atoms. The quantitative estimate of drug-likeness (QED) is 0.611. The van der Waals surface area contributed by atoms with Crippen LogP contribution in [0.2, 0.25) is 0 Å². The molecule has 0 fully saturated rings. The molecule has 3 nitrogen and oxygen atoms in total. The lowest BCUT2D eigenvalue weighted by Crippen LogP contribution is -2.25. The lowest BCUT2D eigenvalue weighted by molar-refractivity contribution is -0.143. The number of carbonyl (C=O) groups excluding carboxylic acids is 1. The maximum atomic E-state index is 11.4. The first-order valence-electron chi connectivity index (χ1n) is 5.38. The van der Waals surface area contributed by atoms with Gasteiger partial charge >= 0.3 is 5.97 Å². The molecule has 86 valence electrons. The number of nitrogens with one attached hydrogen (secondary N) is 1. The predicted octanol–water partition coefficient (Wildman–Crippen LogP) is 2.45. The van der Waals surface area contributed by atoms with Crippen molar-refractivity contribution in [1.29, 1.82) is 5.41 Å². The summed E-state index contributed by atoms with van der Waals surface area (Å²) in [6.07, 6.45) is 1.12. The van der Waals surface area contributed by atoms with E-state index in [1.807, 2.05) is 37.3 Å². The minimum Gasteiger partial charge on any atom is -0.469 e. The molecule has 0 aliphatic carbocycles. The molecule has 0 amide bonds. The van der Waals surface area contributed by atoms with Crippen molar-refractivity contribution in [3.05, 3.63) is 35.9 Å². The van der Waals surface area contributed by atoms with Crippen molar-refractivity contribution in [2.24, 2.45) is 5.92 Å². The molecule has 0 radical (unpaired) electrons. The van der Waals surface area contributed by atoms with Crippen LogP contribution in [0.3, 0.4) is 0 Å². The fraction of sp³-hybridized carbons (Fsp3) is 0.385. The van der Waals surface area contributed by atoms with Gasteiger partial charge < -0.3 is 10.1 Å². The number of methoxy groups -OCH3 is 1. The molecule has 1 aromatic rings. The van der Waals surface area contributed by atoms with Gasteiger partial charge in [-0.2, -0.15) is 0 Å². The molecule has 0 aliphatic rings. The Morgan fingerprint density at radius 2 is 2.00 bits per heavy atom. The normalized spacial score (nSPS) is 11.9. The van der Waals surface area contributed by atoms with Gasteiger partial charge in [0.2, 0.25) is 0 Å². The summed E-state index contributed by atoms with van der Waals surface area (Å²) in [7, 11) is 1.36. The highest BCUT2D eigenvalue weighted by atomic mass is 16.5. The van der Waals surface area contributed by atoms with E-state index < -0.39 is 5.92 Å². The zero-order valence-electron chi connectivity index (χ0n) is 9.69. The number of rotatable bonds is 5. The summed E-state index contributed by atoms with van der Waals surface area (Å²) < 4.78 is 4.68. The third kappa shape index (κ3) is 3.19. The molecule has 1 aromatic carbocycles. The molecular formula is C13H17NO2. The number of esters is 1. The van der Waals surface area contributed by atoms with E-state index in [9.17, 15) is 4.79 Å². The molecule has 1 atom stereocenters. The summed E-state index contributed by atoms with van der Waals surface area (Å²) >= 11 is 0. The van der Waals surface area contributed by atoms with E-state index in [2.05, 4.69) is 4.74 Å². The number of hydrogen-bond donors (Lipinski definition) is 1. The summed E-state index contributed by atoms with van der Waals surface area (Å²) in [5.74, 6) is -0.728. The molecule has 0 saturated carbocycles. The summed E-state index contributed by atoms with van der Waals surface area (Å²) in [5, 5.41) is 7.92. The molecule has 1 rings (SSSR count). The Kier molecular flexibility index (Phi) is 4.70. The van der Waals surface area contributed by atoms with Crippen LogP contribution in [0.1, 0.15) is 18.9 Å². The molecular weight excluding hydrogens is 202 g/mol. The number of ether oxygens (including phenoxy) is 1. The zero-order chi connectivity index (χ0) is 12.0. The van der Waals surface area contributed by atoms with E-state index >= 15 is 0 Å². The largest absolute Gasteiger partial charge is 0.469 e.